The lowest BCUT2D eigenvalue weighted by Gasteiger charge is -2.18. The van der Waals surface area contributed by atoms with Crippen LogP contribution < -0.4 is 5.73 Å². The van der Waals surface area contributed by atoms with E-state index in [0.29, 0.717) is 0 Å². The molecule has 3 heteroatoms. The first-order valence-electron chi connectivity index (χ1n) is 4.12. The fourth-order valence-electron chi connectivity index (χ4n) is 1.16. The third-order valence-corrected chi connectivity index (χ3v) is 1.69. The monoisotopic (exact) mass is 185 g/mol. The summed E-state index contributed by atoms with van der Waals surface area (Å²) in [5.74, 6) is -1.06. The number of halogens is 2. The summed E-state index contributed by atoms with van der Waals surface area (Å²) in [6.45, 7) is 3.47. The first-order valence-corrected chi connectivity index (χ1v) is 4.12. The van der Waals surface area contributed by atoms with Crippen LogP contribution in [0.15, 0.2) is 18.2 Å². The molecule has 2 N–H and O–H groups in total. The molecule has 1 rings (SSSR count). The highest BCUT2D eigenvalue weighted by Crippen LogP contribution is 2.17. The van der Waals surface area contributed by atoms with Gasteiger partial charge in [0.2, 0.25) is 0 Å². The lowest BCUT2D eigenvalue weighted by molar-refractivity contribution is 0.473. The zero-order chi connectivity index (χ0) is 10.1. The van der Waals surface area contributed by atoms with Gasteiger partial charge in [0.05, 0.1) is 0 Å². The fourth-order valence-corrected chi connectivity index (χ4v) is 1.16. The minimum absolute atomic E-state index is 0.0648. The molecule has 0 fully saturated rings. The molecule has 1 aromatic rings. The third kappa shape index (κ3) is 2.77. The molecule has 0 heterocycles. The summed E-state index contributed by atoms with van der Waals surface area (Å²) in [6.07, 6.45) is 0.200. The quantitative estimate of drug-likeness (QED) is 0.751. The normalized spacial score (nSPS) is 11.8. The van der Waals surface area contributed by atoms with Gasteiger partial charge in [-0.3, -0.25) is 0 Å². The van der Waals surface area contributed by atoms with Crippen LogP contribution in [-0.2, 0) is 6.42 Å². The minimum Gasteiger partial charge on any atom is -0.325 e. The zero-order valence-electron chi connectivity index (χ0n) is 7.77. The van der Waals surface area contributed by atoms with E-state index in [1.54, 1.807) is 13.8 Å². The molecule has 0 aliphatic carbocycles. The van der Waals surface area contributed by atoms with Crippen LogP contribution in [-0.4, -0.2) is 5.54 Å². The van der Waals surface area contributed by atoms with E-state index in [2.05, 4.69) is 0 Å². The van der Waals surface area contributed by atoms with Crippen molar-refractivity contribution in [1.82, 2.24) is 0 Å². The number of nitrogens with two attached hydrogens (primary N) is 1. The molecule has 0 saturated carbocycles. The van der Waals surface area contributed by atoms with Crippen molar-refractivity contribution in [1.29, 1.82) is 0 Å². The molecule has 0 atom stereocenters. The number of hydrogen-bond donors (Lipinski definition) is 1. The third-order valence-electron chi connectivity index (χ3n) is 1.69. The Hall–Kier alpha value is -0.960. The molecule has 0 spiro atoms. The maximum Gasteiger partial charge on any atom is 0.129 e. The molecule has 1 aromatic carbocycles. The summed E-state index contributed by atoms with van der Waals surface area (Å²) >= 11 is 0. The van der Waals surface area contributed by atoms with Gasteiger partial charge in [-0.15, -0.1) is 0 Å². The van der Waals surface area contributed by atoms with E-state index in [0.717, 1.165) is 0 Å². The summed E-state index contributed by atoms with van der Waals surface area (Å²) in [6, 6.07) is 3.83. The second-order valence-corrected chi connectivity index (χ2v) is 3.87. The average Bonchev–Trinajstić information content (AvgIpc) is 1.95. The summed E-state index contributed by atoms with van der Waals surface area (Å²) in [5, 5.41) is 0. The van der Waals surface area contributed by atoms with Crippen molar-refractivity contribution in [2.24, 2.45) is 5.73 Å². The van der Waals surface area contributed by atoms with Crippen molar-refractivity contribution >= 4 is 0 Å². The highest BCUT2D eigenvalue weighted by molar-refractivity contribution is 5.21. The Bertz CT molecular complexity index is 282. The molecule has 0 aliphatic heterocycles. The highest BCUT2D eigenvalue weighted by atomic mass is 19.1. The van der Waals surface area contributed by atoms with E-state index in [9.17, 15) is 8.78 Å². The molecule has 0 unspecified atom stereocenters. The predicted molar refractivity (Wildman–Crippen MR) is 48.3 cm³/mol. The minimum atomic E-state index is -0.594. The first kappa shape index (κ1) is 10.1. The lowest BCUT2D eigenvalue weighted by atomic mass is 9.95. The van der Waals surface area contributed by atoms with E-state index in [4.69, 9.17) is 5.73 Å². The second-order valence-electron chi connectivity index (χ2n) is 3.87. The van der Waals surface area contributed by atoms with E-state index in [-0.39, 0.29) is 12.0 Å². The topological polar surface area (TPSA) is 26.0 Å². The van der Waals surface area contributed by atoms with Gasteiger partial charge >= 0.3 is 0 Å². The SMILES string of the molecule is CC(C)(N)Cc1c(F)cccc1F. The van der Waals surface area contributed by atoms with Crippen LogP contribution in [0.4, 0.5) is 8.78 Å². The van der Waals surface area contributed by atoms with E-state index in [1.807, 2.05) is 0 Å². The van der Waals surface area contributed by atoms with Crippen LogP contribution >= 0.6 is 0 Å². The largest absolute Gasteiger partial charge is 0.325 e. The molecule has 13 heavy (non-hydrogen) atoms. The van der Waals surface area contributed by atoms with Gasteiger partial charge < -0.3 is 5.73 Å². The molecule has 0 bridgehead atoms. The van der Waals surface area contributed by atoms with Gasteiger partial charge in [-0.2, -0.15) is 0 Å². The maximum absolute atomic E-state index is 13.1. The van der Waals surface area contributed by atoms with Gasteiger partial charge in [-0.25, -0.2) is 8.78 Å². The summed E-state index contributed by atoms with van der Waals surface area (Å²) in [7, 11) is 0. The van der Waals surface area contributed by atoms with Crippen LogP contribution in [0.3, 0.4) is 0 Å². The van der Waals surface area contributed by atoms with Crippen molar-refractivity contribution in [3.8, 4) is 0 Å². The average molecular weight is 185 g/mol. The molecule has 0 saturated heterocycles. The molecule has 0 radical (unpaired) electrons. The molecule has 0 aromatic heterocycles. The number of rotatable bonds is 2. The summed E-state index contributed by atoms with van der Waals surface area (Å²) < 4.78 is 26.2. The number of hydrogen-bond acceptors (Lipinski definition) is 1. The Kier molecular flexibility index (Phi) is 2.66. The molecule has 1 nitrogen and oxygen atoms in total. The van der Waals surface area contributed by atoms with Crippen molar-refractivity contribution < 1.29 is 8.78 Å². The van der Waals surface area contributed by atoms with Gasteiger partial charge in [0.1, 0.15) is 11.6 Å². The maximum atomic E-state index is 13.1. The Balaban J connectivity index is 3.00. The number of benzene rings is 1. The Morgan fingerprint density at radius 3 is 2.08 bits per heavy atom. The van der Waals surface area contributed by atoms with Crippen molar-refractivity contribution in [3.05, 3.63) is 35.4 Å². The van der Waals surface area contributed by atoms with Crippen LogP contribution in [0.1, 0.15) is 19.4 Å². The van der Waals surface area contributed by atoms with E-state index in [1.165, 1.54) is 18.2 Å². The van der Waals surface area contributed by atoms with E-state index < -0.39 is 17.2 Å². The predicted octanol–water partition coefficient (Wildman–Crippen LogP) is 2.24. The lowest BCUT2D eigenvalue weighted by Crippen LogP contribution is -2.35. The van der Waals surface area contributed by atoms with Crippen molar-refractivity contribution in [2.45, 2.75) is 25.8 Å². The second kappa shape index (κ2) is 3.42. The van der Waals surface area contributed by atoms with Crippen LogP contribution in [0.25, 0.3) is 0 Å². The van der Waals surface area contributed by atoms with Crippen molar-refractivity contribution in [2.75, 3.05) is 0 Å². The summed E-state index contributed by atoms with van der Waals surface area (Å²) in [5.41, 5.74) is 5.14. The van der Waals surface area contributed by atoms with Crippen LogP contribution in [0.5, 0.6) is 0 Å². The molecular weight excluding hydrogens is 172 g/mol. The van der Waals surface area contributed by atoms with Crippen molar-refractivity contribution in [3.63, 3.8) is 0 Å². The highest BCUT2D eigenvalue weighted by Gasteiger charge is 2.17. The fraction of sp³-hybridized carbons (Fsp3) is 0.400. The smallest absolute Gasteiger partial charge is 0.129 e. The van der Waals surface area contributed by atoms with Crippen LogP contribution in [0.2, 0.25) is 0 Å². The Morgan fingerprint density at radius 1 is 1.23 bits per heavy atom. The summed E-state index contributed by atoms with van der Waals surface area (Å²) in [4.78, 5) is 0. The molecule has 0 amide bonds. The zero-order valence-corrected chi connectivity index (χ0v) is 7.77. The van der Waals surface area contributed by atoms with Gasteiger partial charge in [-0.05, 0) is 32.4 Å². The molecule has 0 aliphatic rings. The van der Waals surface area contributed by atoms with E-state index >= 15 is 0 Å². The molecular formula is C10H13F2N. The Morgan fingerprint density at radius 2 is 1.69 bits per heavy atom. The van der Waals surface area contributed by atoms with Gasteiger partial charge in [0, 0.05) is 11.1 Å². The van der Waals surface area contributed by atoms with Gasteiger partial charge in [0.25, 0.3) is 0 Å². The molecule has 72 valence electrons. The Labute approximate surface area is 76.6 Å². The standard InChI is InChI=1S/C10H13F2N/c1-10(2,13)6-7-8(11)4-3-5-9(7)12/h3-5H,6,13H2,1-2H3. The first-order chi connectivity index (χ1) is 5.90. The van der Waals surface area contributed by atoms with Crippen LogP contribution in [0, 0.1) is 11.6 Å². The van der Waals surface area contributed by atoms with Gasteiger partial charge in [0.15, 0.2) is 0 Å². The van der Waals surface area contributed by atoms with Gasteiger partial charge in [-0.1, -0.05) is 6.07 Å².